The molecule has 1 amide bonds. The number of ether oxygens (including phenoxy) is 2. The molecule has 0 saturated carbocycles. The van der Waals surface area contributed by atoms with Crippen molar-refractivity contribution in [3.8, 4) is 0 Å². The Hall–Kier alpha value is -1.14. The van der Waals surface area contributed by atoms with E-state index in [0.717, 1.165) is 10.0 Å². The molecule has 1 N–H and O–H groups in total. The Morgan fingerprint density at radius 1 is 1.38 bits per heavy atom. The van der Waals surface area contributed by atoms with Gasteiger partial charge in [0.25, 0.3) is 0 Å². The molecule has 1 fully saturated rings. The molecule has 0 unspecified atom stereocenters. The highest BCUT2D eigenvalue weighted by atomic mass is 79.9. The Balaban J connectivity index is 2.23. The minimum atomic E-state index is -0.522. The molecule has 0 aliphatic carbocycles. The Bertz CT molecular complexity index is 508. The molecule has 0 spiro atoms. The van der Waals surface area contributed by atoms with Crippen molar-refractivity contribution in [2.45, 2.75) is 44.8 Å². The molecule has 0 atom stereocenters. The van der Waals surface area contributed by atoms with Crippen molar-refractivity contribution in [1.29, 1.82) is 0 Å². The summed E-state index contributed by atoms with van der Waals surface area (Å²) in [5.74, 6) is 0. The molecule has 0 radical (unpaired) electrons. The first-order valence-electron chi connectivity index (χ1n) is 7.01. The van der Waals surface area contributed by atoms with Gasteiger partial charge in [0, 0.05) is 30.1 Å². The molecule has 0 aromatic carbocycles. The van der Waals surface area contributed by atoms with Gasteiger partial charge in [0.05, 0.1) is 5.54 Å². The Morgan fingerprint density at radius 3 is 2.62 bits per heavy atom. The lowest BCUT2D eigenvalue weighted by atomic mass is 9.83. The summed E-state index contributed by atoms with van der Waals surface area (Å²) in [4.78, 5) is 16.4. The first kappa shape index (κ1) is 16.2. The van der Waals surface area contributed by atoms with E-state index >= 15 is 0 Å². The van der Waals surface area contributed by atoms with Gasteiger partial charge < -0.3 is 14.8 Å². The number of carbonyl (C=O) groups is 1. The zero-order chi connectivity index (χ0) is 15.5. The molecule has 1 aliphatic heterocycles. The van der Waals surface area contributed by atoms with Gasteiger partial charge in [-0.25, -0.2) is 4.79 Å². The third-order valence-corrected chi connectivity index (χ3v) is 3.78. The van der Waals surface area contributed by atoms with Crippen LogP contribution in [0.1, 0.15) is 39.2 Å². The van der Waals surface area contributed by atoms with Crippen LogP contribution in [0.4, 0.5) is 4.79 Å². The van der Waals surface area contributed by atoms with Crippen molar-refractivity contribution in [3.63, 3.8) is 0 Å². The molecule has 6 heteroatoms. The van der Waals surface area contributed by atoms with Crippen LogP contribution in [-0.4, -0.2) is 29.9 Å². The van der Waals surface area contributed by atoms with Gasteiger partial charge in [0.1, 0.15) is 5.60 Å². The topological polar surface area (TPSA) is 60.5 Å². The maximum absolute atomic E-state index is 12.2. The second kappa shape index (κ2) is 6.32. The van der Waals surface area contributed by atoms with Gasteiger partial charge in [-0.2, -0.15) is 0 Å². The van der Waals surface area contributed by atoms with E-state index in [9.17, 15) is 4.79 Å². The maximum Gasteiger partial charge on any atom is 0.408 e. The van der Waals surface area contributed by atoms with E-state index in [-0.39, 0.29) is 0 Å². The minimum absolute atomic E-state index is 0.413. The van der Waals surface area contributed by atoms with E-state index in [1.165, 1.54) is 0 Å². The van der Waals surface area contributed by atoms with Crippen LogP contribution in [0.2, 0.25) is 0 Å². The SMILES string of the molecule is CC(C)(C)OC(=O)NC1(c2cncc(Br)c2)CCOCC1. The van der Waals surface area contributed by atoms with Gasteiger partial charge in [-0.1, -0.05) is 0 Å². The van der Waals surface area contributed by atoms with Crippen LogP contribution in [0.3, 0.4) is 0 Å². The summed E-state index contributed by atoms with van der Waals surface area (Å²) >= 11 is 3.43. The number of nitrogens with zero attached hydrogens (tertiary/aromatic N) is 1. The van der Waals surface area contributed by atoms with Crippen LogP contribution in [0.15, 0.2) is 22.9 Å². The number of rotatable bonds is 2. The van der Waals surface area contributed by atoms with Crippen molar-refractivity contribution < 1.29 is 14.3 Å². The molecule has 0 bridgehead atoms. The van der Waals surface area contributed by atoms with E-state index < -0.39 is 17.2 Å². The summed E-state index contributed by atoms with van der Waals surface area (Å²) in [5, 5.41) is 3.03. The van der Waals surface area contributed by atoms with E-state index in [0.29, 0.717) is 26.1 Å². The fourth-order valence-electron chi connectivity index (χ4n) is 2.38. The molecule has 1 aliphatic rings. The zero-order valence-electron chi connectivity index (χ0n) is 12.6. The number of halogens is 1. The largest absolute Gasteiger partial charge is 0.444 e. The Kier molecular flexibility index (Phi) is 4.88. The highest BCUT2D eigenvalue weighted by Crippen LogP contribution is 2.33. The molecule has 2 heterocycles. The molecule has 5 nitrogen and oxygen atoms in total. The van der Waals surface area contributed by atoms with Crippen LogP contribution in [-0.2, 0) is 15.0 Å². The minimum Gasteiger partial charge on any atom is -0.444 e. The van der Waals surface area contributed by atoms with Crippen molar-refractivity contribution in [1.82, 2.24) is 10.3 Å². The molecular weight excluding hydrogens is 336 g/mol. The van der Waals surface area contributed by atoms with Gasteiger partial charge in [0.15, 0.2) is 0 Å². The lowest BCUT2D eigenvalue weighted by Crippen LogP contribution is -2.50. The first-order valence-corrected chi connectivity index (χ1v) is 7.80. The summed E-state index contributed by atoms with van der Waals surface area (Å²) in [6, 6.07) is 1.98. The summed E-state index contributed by atoms with van der Waals surface area (Å²) < 4.78 is 11.7. The zero-order valence-corrected chi connectivity index (χ0v) is 14.2. The van der Waals surface area contributed by atoms with Crippen LogP contribution in [0, 0.1) is 0 Å². The number of hydrogen-bond acceptors (Lipinski definition) is 4. The summed E-state index contributed by atoms with van der Waals surface area (Å²) in [6.45, 7) is 6.75. The molecular formula is C15H21BrN2O3. The van der Waals surface area contributed by atoms with E-state index in [4.69, 9.17) is 9.47 Å². The fraction of sp³-hybridized carbons (Fsp3) is 0.600. The quantitative estimate of drug-likeness (QED) is 0.882. The molecule has 1 aromatic heterocycles. The predicted octanol–water partition coefficient (Wildman–Crippen LogP) is 3.37. The molecule has 2 rings (SSSR count). The van der Waals surface area contributed by atoms with Crippen molar-refractivity contribution >= 4 is 22.0 Å². The number of aromatic nitrogens is 1. The molecule has 1 saturated heterocycles. The molecule has 21 heavy (non-hydrogen) atoms. The van der Waals surface area contributed by atoms with Gasteiger partial charge >= 0.3 is 6.09 Å². The van der Waals surface area contributed by atoms with E-state index in [2.05, 4.69) is 26.2 Å². The van der Waals surface area contributed by atoms with Gasteiger partial charge in [0.2, 0.25) is 0 Å². The lowest BCUT2D eigenvalue weighted by Gasteiger charge is -2.38. The standard InChI is InChI=1S/C15H21BrN2O3/c1-14(2,3)21-13(19)18-15(4-6-20-7-5-15)11-8-12(16)10-17-9-11/h8-10H,4-7H2,1-3H3,(H,18,19). The number of amides is 1. The number of pyridine rings is 1. The van der Waals surface area contributed by atoms with Crippen LogP contribution in [0.25, 0.3) is 0 Å². The van der Waals surface area contributed by atoms with Crippen LogP contribution < -0.4 is 5.32 Å². The molecule has 1 aromatic rings. The number of alkyl carbamates (subject to hydrolysis) is 1. The third-order valence-electron chi connectivity index (χ3n) is 3.34. The van der Waals surface area contributed by atoms with Crippen molar-refractivity contribution in [3.05, 3.63) is 28.5 Å². The van der Waals surface area contributed by atoms with E-state index in [1.807, 2.05) is 26.8 Å². The summed E-state index contributed by atoms with van der Waals surface area (Å²) in [7, 11) is 0. The highest BCUT2D eigenvalue weighted by molar-refractivity contribution is 9.10. The van der Waals surface area contributed by atoms with Crippen LogP contribution in [0.5, 0.6) is 0 Å². The Morgan fingerprint density at radius 2 is 2.05 bits per heavy atom. The Labute approximate surface area is 133 Å². The fourth-order valence-corrected chi connectivity index (χ4v) is 2.74. The van der Waals surface area contributed by atoms with Crippen LogP contribution >= 0.6 is 15.9 Å². The second-order valence-corrected chi connectivity index (χ2v) is 7.13. The normalized spacial score (nSPS) is 18.1. The maximum atomic E-state index is 12.2. The van der Waals surface area contributed by atoms with Gasteiger partial charge in [-0.3, -0.25) is 4.98 Å². The molecule has 116 valence electrons. The lowest BCUT2D eigenvalue weighted by molar-refractivity contribution is 0.0156. The van der Waals surface area contributed by atoms with Gasteiger partial charge in [-0.15, -0.1) is 0 Å². The third kappa shape index (κ3) is 4.41. The highest BCUT2D eigenvalue weighted by Gasteiger charge is 2.37. The van der Waals surface area contributed by atoms with Crippen molar-refractivity contribution in [2.24, 2.45) is 0 Å². The second-order valence-electron chi connectivity index (χ2n) is 6.21. The van der Waals surface area contributed by atoms with Crippen molar-refractivity contribution in [2.75, 3.05) is 13.2 Å². The summed E-state index contributed by atoms with van der Waals surface area (Å²) in [5.41, 5.74) is -0.0467. The number of nitrogens with one attached hydrogen (secondary N) is 1. The average Bonchev–Trinajstić information content (AvgIpc) is 2.37. The summed E-state index contributed by atoms with van der Waals surface area (Å²) in [6.07, 6.45) is 4.50. The van der Waals surface area contributed by atoms with Gasteiger partial charge in [-0.05, 0) is 61.2 Å². The smallest absolute Gasteiger partial charge is 0.408 e. The monoisotopic (exact) mass is 356 g/mol. The number of hydrogen-bond donors (Lipinski definition) is 1. The predicted molar refractivity (Wildman–Crippen MR) is 83.0 cm³/mol. The average molecular weight is 357 g/mol. The van der Waals surface area contributed by atoms with E-state index in [1.54, 1.807) is 12.4 Å². The first-order chi connectivity index (χ1) is 9.81. The number of carbonyl (C=O) groups excluding carboxylic acids is 1.